The fourth-order valence-electron chi connectivity index (χ4n) is 2.14. The average Bonchev–Trinajstić information content (AvgIpc) is 3.31. The lowest BCUT2D eigenvalue weighted by molar-refractivity contribution is 0.340. The first-order valence-corrected chi connectivity index (χ1v) is 7.99. The third kappa shape index (κ3) is 3.32. The average molecular weight is 355 g/mol. The smallest absolute Gasteiger partial charge is 0.268 e. The van der Waals surface area contributed by atoms with Crippen LogP contribution in [0.25, 0.3) is 22.4 Å². The summed E-state index contributed by atoms with van der Waals surface area (Å²) < 4.78 is 15.4. The second kappa shape index (κ2) is 7.07. The van der Waals surface area contributed by atoms with Gasteiger partial charge in [0.15, 0.2) is 11.5 Å². The van der Waals surface area contributed by atoms with E-state index >= 15 is 0 Å². The maximum atomic E-state index is 9.96. The van der Waals surface area contributed by atoms with E-state index in [2.05, 4.69) is 10.1 Å². The zero-order valence-electron chi connectivity index (χ0n) is 13.4. The third-order valence-corrected chi connectivity index (χ3v) is 4.20. The van der Waals surface area contributed by atoms with Gasteiger partial charge in [-0.3, -0.25) is 0 Å². The van der Waals surface area contributed by atoms with Gasteiger partial charge in [-0.15, -0.1) is 11.3 Å². The van der Waals surface area contributed by atoms with Crippen molar-refractivity contribution in [3.05, 3.63) is 41.1 Å². The van der Waals surface area contributed by atoms with Crippen molar-refractivity contribution in [2.45, 2.75) is 0 Å². The number of aromatic hydroxyl groups is 1. The van der Waals surface area contributed by atoms with Crippen LogP contribution in [0.2, 0.25) is 0 Å². The minimum absolute atomic E-state index is 0.108. The molecule has 1 N–H and O–H groups in total. The number of ether oxygens (including phenoxy) is 2. The van der Waals surface area contributed by atoms with Crippen LogP contribution in [-0.4, -0.2) is 29.5 Å². The van der Waals surface area contributed by atoms with Gasteiger partial charge in [-0.2, -0.15) is 10.2 Å². The largest absolute Gasteiger partial charge is 0.502 e. The second-order valence-corrected chi connectivity index (χ2v) is 5.79. The number of nitrogens with zero attached hydrogens (tertiary/aromatic N) is 3. The molecule has 8 heteroatoms. The van der Waals surface area contributed by atoms with Crippen LogP contribution in [0.15, 0.2) is 34.2 Å². The third-order valence-electron chi connectivity index (χ3n) is 3.33. The lowest BCUT2D eigenvalue weighted by Crippen LogP contribution is -1.91. The topological polar surface area (TPSA) is 101 Å². The van der Waals surface area contributed by atoms with Crippen molar-refractivity contribution in [1.82, 2.24) is 10.1 Å². The SMILES string of the molecule is COc1cc(/C=C(\C#N)c2nc(-c3cccs3)no2)cc(OC)c1O. The first-order valence-electron chi connectivity index (χ1n) is 7.11. The molecule has 7 nitrogen and oxygen atoms in total. The Kier molecular flexibility index (Phi) is 4.68. The van der Waals surface area contributed by atoms with Crippen LogP contribution in [0.3, 0.4) is 0 Å². The zero-order valence-corrected chi connectivity index (χ0v) is 14.2. The van der Waals surface area contributed by atoms with Crippen molar-refractivity contribution in [2.75, 3.05) is 14.2 Å². The van der Waals surface area contributed by atoms with Gasteiger partial charge < -0.3 is 19.1 Å². The molecule has 0 unspecified atom stereocenters. The van der Waals surface area contributed by atoms with Crippen LogP contribution >= 0.6 is 11.3 Å². The lowest BCUT2D eigenvalue weighted by atomic mass is 10.1. The van der Waals surface area contributed by atoms with Gasteiger partial charge in [0.05, 0.1) is 19.1 Å². The van der Waals surface area contributed by atoms with E-state index < -0.39 is 0 Å². The number of hydrogen-bond acceptors (Lipinski definition) is 8. The normalized spacial score (nSPS) is 11.2. The Morgan fingerprint density at radius 1 is 1.32 bits per heavy atom. The number of phenolic OH excluding ortho intramolecular Hbond substituents is 1. The van der Waals surface area contributed by atoms with Crippen molar-refractivity contribution < 1.29 is 19.1 Å². The van der Waals surface area contributed by atoms with Gasteiger partial charge >= 0.3 is 0 Å². The van der Waals surface area contributed by atoms with Crippen LogP contribution < -0.4 is 9.47 Å². The van der Waals surface area contributed by atoms with Crippen LogP contribution in [0.5, 0.6) is 17.2 Å². The van der Waals surface area contributed by atoms with Crippen molar-refractivity contribution >= 4 is 23.0 Å². The Bertz CT molecular complexity index is 930. The molecule has 0 fully saturated rings. The molecule has 0 atom stereocenters. The lowest BCUT2D eigenvalue weighted by Gasteiger charge is -2.09. The summed E-state index contributed by atoms with van der Waals surface area (Å²) in [4.78, 5) is 5.10. The molecule has 3 aromatic rings. The van der Waals surface area contributed by atoms with Gasteiger partial charge in [0.1, 0.15) is 11.6 Å². The van der Waals surface area contributed by atoms with Crippen LogP contribution in [-0.2, 0) is 0 Å². The Morgan fingerprint density at radius 3 is 2.60 bits per heavy atom. The Morgan fingerprint density at radius 2 is 2.04 bits per heavy atom. The molecule has 25 heavy (non-hydrogen) atoms. The zero-order chi connectivity index (χ0) is 17.8. The summed E-state index contributed by atoms with van der Waals surface area (Å²) in [7, 11) is 2.86. The highest BCUT2D eigenvalue weighted by molar-refractivity contribution is 7.13. The van der Waals surface area contributed by atoms with Gasteiger partial charge in [0.25, 0.3) is 5.89 Å². The molecule has 0 radical (unpaired) electrons. The molecule has 0 amide bonds. The van der Waals surface area contributed by atoms with E-state index in [1.807, 2.05) is 23.6 Å². The van der Waals surface area contributed by atoms with E-state index in [1.54, 1.807) is 18.2 Å². The first kappa shape index (κ1) is 16.5. The molecule has 0 spiro atoms. The number of phenols is 1. The number of thiophene rings is 1. The van der Waals surface area contributed by atoms with Crippen LogP contribution in [0.4, 0.5) is 0 Å². The van der Waals surface area contributed by atoms with Crippen molar-refractivity contribution in [2.24, 2.45) is 0 Å². The monoisotopic (exact) mass is 355 g/mol. The molecular formula is C17H13N3O4S. The number of methoxy groups -OCH3 is 2. The molecule has 0 saturated heterocycles. The minimum Gasteiger partial charge on any atom is -0.502 e. The van der Waals surface area contributed by atoms with Gasteiger partial charge in [0.2, 0.25) is 11.6 Å². The fraction of sp³-hybridized carbons (Fsp3) is 0.118. The molecule has 1 aromatic carbocycles. The highest BCUT2D eigenvalue weighted by Gasteiger charge is 2.15. The van der Waals surface area contributed by atoms with Crippen molar-refractivity contribution in [3.8, 4) is 34.0 Å². The summed E-state index contributed by atoms with van der Waals surface area (Å²) >= 11 is 1.48. The van der Waals surface area contributed by atoms with Crippen molar-refractivity contribution in [3.63, 3.8) is 0 Å². The maximum Gasteiger partial charge on any atom is 0.268 e. The standard InChI is InChI=1S/C17H13N3O4S/c1-22-12-7-10(8-13(23-2)15(12)21)6-11(9-18)17-19-16(20-24-17)14-4-3-5-25-14/h3-8,21H,1-2H3/b11-6+. The molecule has 0 aliphatic heterocycles. The number of benzene rings is 1. The summed E-state index contributed by atoms with van der Waals surface area (Å²) in [5.41, 5.74) is 0.768. The fourth-order valence-corrected chi connectivity index (χ4v) is 2.79. The van der Waals surface area contributed by atoms with Crippen LogP contribution in [0, 0.1) is 11.3 Å². The molecular weight excluding hydrogens is 342 g/mol. The van der Waals surface area contributed by atoms with E-state index in [1.165, 1.54) is 25.6 Å². The van der Waals surface area contributed by atoms with Gasteiger partial charge in [-0.1, -0.05) is 11.2 Å². The van der Waals surface area contributed by atoms with Gasteiger partial charge in [0, 0.05) is 0 Å². The number of nitriles is 1. The van der Waals surface area contributed by atoms with Gasteiger partial charge in [-0.25, -0.2) is 0 Å². The quantitative estimate of drug-likeness (QED) is 0.698. The molecule has 0 aliphatic carbocycles. The van der Waals surface area contributed by atoms with Crippen molar-refractivity contribution in [1.29, 1.82) is 5.26 Å². The number of rotatable bonds is 5. The van der Waals surface area contributed by atoms with E-state index in [0.717, 1.165) is 4.88 Å². The molecule has 2 heterocycles. The minimum atomic E-state index is -0.113. The number of hydrogen-bond donors (Lipinski definition) is 1. The summed E-state index contributed by atoms with van der Waals surface area (Å²) in [6, 6.07) is 8.94. The Hall–Kier alpha value is -3.31. The summed E-state index contributed by atoms with van der Waals surface area (Å²) in [6.45, 7) is 0. The predicted octanol–water partition coefficient (Wildman–Crippen LogP) is 3.59. The Labute approximate surface area is 147 Å². The molecule has 0 aliphatic rings. The first-order chi connectivity index (χ1) is 12.2. The van der Waals surface area contributed by atoms with E-state index in [9.17, 15) is 10.4 Å². The Balaban J connectivity index is 2.00. The molecule has 2 aromatic heterocycles. The summed E-state index contributed by atoms with van der Waals surface area (Å²) in [6.07, 6.45) is 1.55. The molecule has 3 rings (SSSR count). The molecule has 0 saturated carbocycles. The van der Waals surface area contributed by atoms with Crippen LogP contribution in [0.1, 0.15) is 11.5 Å². The van der Waals surface area contributed by atoms with E-state index in [-0.39, 0.29) is 28.7 Å². The molecule has 126 valence electrons. The van der Waals surface area contributed by atoms with Gasteiger partial charge in [-0.05, 0) is 35.2 Å². The molecule has 0 bridgehead atoms. The number of allylic oxidation sites excluding steroid dienone is 1. The number of aromatic nitrogens is 2. The second-order valence-electron chi connectivity index (χ2n) is 4.84. The summed E-state index contributed by atoms with van der Waals surface area (Å²) in [5, 5.41) is 25.2. The van der Waals surface area contributed by atoms with E-state index in [4.69, 9.17) is 14.0 Å². The highest BCUT2D eigenvalue weighted by atomic mass is 32.1. The summed E-state index contributed by atoms with van der Waals surface area (Å²) in [5.74, 6) is 0.878. The van der Waals surface area contributed by atoms with E-state index in [0.29, 0.717) is 11.4 Å². The predicted molar refractivity (Wildman–Crippen MR) is 92.3 cm³/mol. The highest BCUT2D eigenvalue weighted by Crippen LogP contribution is 2.38. The maximum absolute atomic E-state index is 9.96.